The van der Waals surface area contributed by atoms with Gasteiger partial charge in [0.25, 0.3) is 0 Å². The number of benzene rings is 1. The molecule has 2 heteroatoms. The zero-order valence-electron chi connectivity index (χ0n) is 10.0. The molecule has 1 aromatic carbocycles. The van der Waals surface area contributed by atoms with E-state index in [2.05, 4.69) is 37.4 Å². The van der Waals surface area contributed by atoms with Gasteiger partial charge in [-0.1, -0.05) is 18.2 Å². The summed E-state index contributed by atoms with van der Waals surface area (Å²) in [5.41, 5.74) is 9.62. The van der Waals surface area contributed by atoms with Gasteiger partial charge in [-0.15, -0.1) is 0 Å². The Bertz CT molecular complexity index is 307. The molecule has 1 unspecified atom stereocenters. The van der Waals surface area contributed by atoms with Gasteiger partial charge in [0, 0.05) is 6.04 Å². The highest BCUT2D eigenvalue weighted by atomic mass is 14.9. The summed E-state index contributed by atoms with van der Waals surface area (Å²) in [5, 5.41) is 3.34. The Kier molecular flexibility index (Phi) is 4.79. The lowest BCUT2D eigenvalue weighted by atomic mass is 9.98. The van der Waals surface area contributed by atoms with Crippen LogP contribution in [-0.4, -0.2) is 13.6 Å². The van der Waals surface area contributed by atoms with Gasteiger partial charge in [0.05, 0.1) is 0 Å². The molecular formula is C13H22N2. The molecule has 0 bridgehead atoms. The van der Waals surface area contributed by atoms with Gasteiger partial charge < -0.3 is 11.1 Å². The molecule has 0 amide bonds. The summed E-state index contributed by atoms with van der Waals surface area (Å²) in [4.78, 5) is 0. The number of nitrogens with one attached hydrogen (secondary N) is 1. The van der Waals surface area contributed by atoms with Crippen molar-refractivity contribution in [2.24, 2.45) is 5.73 Å². The number of rotatable bonds is 5. The molecule has 0 aliphatic carbocycles. The quantitative estimate of drug-likeness (QED) is 0.776. The molecule has 0 saturated heterocycles. The first-order chi connectivity index (χ1) is 7.19. The predicted octanol–water partition coefficient (Wildman–Crippen LogP) is 2.30. The van der Waals surface area contributed by atoms with Gasteiger partial charge >= 0.3 is 0 Å². The lowest BCUT2D eigenvalue weighted by molar-refractivity contribution is 0.531. The van der Waals surface area contributed by atoms with Crippen molar-refractivity contribution in [3.63, 3.8) is 0 Å². The molecule has 2 nitrogen and oxygen atoms in total. The zero-order valence-corrected chi connectivity index (χ0v) is 10.0. The SMILES string of the molecule is CNC(CCCN)c1ccc(C)c(C)c1. The molecule has 1 atom stereocenters. The first kappa shape index (κ1) is 12.2. The number of nitrogens with two attached hydrogens (primary N) is 1. The van der Waals surface area contributed by atoms with Crippen LogP contribution >= 0.6 is 0 Å². The normalized spacial score (nSPS) is 12.8. The van der Waals surface area contributed by atoms with Gasteiger partial charge in [0.15, 0.2) is 0 Å². The summed E-state index contributed by atoms with van der Waals surface area (Å²) in [6.45, 7) is 5.07. The maximum atomic E-state index is 5.54. The van der Waals surface area contributed by atoms with Gasteiger partial charge in [-0.25, -0.2) is 0 Å². The number of hydrogen-bond acceptors (Lipinski definition) is 2. The predicted molar refractivity (Wildman–Crippen MR) is 66.0 cm³/mol. The maximum absolute atomic E-state index is 5.54. The van der Waals surface area contributed by atoms with Crippen molar-refractivity contribution in [2.45, 2.75) is 32.7 Å². The van der Waals surface area contributed by atoms with Crippen molar-refractivity contribution in [3.8, 4) is 0 Å². The van der Waals surface area contributed by atoms with E-state index in [0.717, 1.165) is 19.4 Å². The Hall–Kier alpha value is -0.860. The molecule has 0 fully saturated rings. The molecular weight excluding hydrogens is 184 g/mol. The third-order valence-corrected chi connectivity index (χ3v) is 2.98. The topological polar surface area (TPSA) is 38.0 Å². The van der Waals surface area contributed by atoms with Crippen LogP contribution < -0.4 is 11.1 Å². The van der Waals surface area contributed by atoms with Crippen molar-refractivity contribution in [1.29, 1.82) is 0 Å². The van der Waals surface area contributed by atoms with Gasteiger partial charge in [0.1, 0.15) is 0 Å². The van der Waals surface area contributed by atoms with Crippen LogP contribution in [0.2, 0.25) is 0 Å². The van der Waals surface area contributed by atoms with Crippen molar-refractivity contribution in [3.05, 3.63) is 34.9 Å². The van der Waals surface area contributed by atoms with Crippen molar-refractivity contribution in [2.75, 3.05) is 13.6 Å². The Morgan fingerprint density at radius 1 is 1.27 bits per heavy atom. The largest absolute Gasteiger partial charge is 0.330 e. The summed E-state index contributed by atoms with van der Waals surface area (Å²) in [6, 6.07) is 7.11. The van der Waals surface area contributed by atoms with E-state index in [0.29, 0.717) is 6.04 Å². The van der Waals surface area contributed by atoms with Crippen LogP contribution in [0.5, 0.6) is 0 Å². The molecule has 0 aliphatic rings. The summed E-state index contributed by atoms with van der Waals surface area (Å²) in [6.07, 6.45) is 2.17. The Morgan fingerprint density at radius 2 is 2.00 bits per heavy atom. The molecule has 0 aliphatic heterocycles. The van der Waals surface area contributed by atoms with E-state index < -0.39 is 0 Å². The van der Waals surface area contributed by atoms with E-state index in [1.807, 2.05) is 7.05 Å². The molecule has 1 aromatic rings. The monoisotopic (exact) mass is 206 g/mol. The minimum absolute atomic E-state index is 0.438. The van der Waals surface area contributed by atoms with Crippen LogP contribution in [0.3, 0.4) is 0 Å². The van der Waals surface area contributed by atoms with E-state index in [1.54, 1.807) is 0 Å². The van der Waals surface area contributed by atoms with Crippen LogP contribution in [0.4, 0.5) is 0 Å². The Balaban J connectivity index is 2.78. The van der Waals surface area contributed by atoms with E-state index >= 15 is 0 Å². The summed E-state index contributed by atoms with van der Waals surface area (Å²) in [7, 11) is 2.01. The maximum Gasteiger partial charge on any atom is 0.0318 e. The molecule has 15 heavy (non-hydrogen) atoms. The molecule has 0 heterocycles. The number of hydrogen-bond donors (Lipinski definition) is 2. The Morgan fingerprint density at radius 3 is 2.53 bits per heavy atom. The first-order valence-corrected chi connectivity index (χ1v) is 5.63. The highest BCUT2D eigenvalue weighted by molar-refractivity contribution is 5.31. The van der Waals surface area contributed by atoms with E-state index in [-0.39, 0.29) is 0 Å². The van der Waals surface area contributed by atoms with Crippen molar-refractivity contribution in [1.82, 2.24) is 5.32 Å². The van der Waals surface area contributed by atoms with Crippen molar-refractivity contribution < 1.29 is 0 Å². The molecule has 3 N–H and O–H groups in total. The second-order valence-corrected chi connectivity index (χ2v) is 4.12. The summed E-state index contributed by atoms with van der Waals surface area (Å²) >= 11 is 0. The van der Waals surface area contributed by atoms with Crippen LogP contribution in [0, 0.1) is 13.8 Å². The molecule has 1 rings (SSSR count). The molecule has 0 aromatic heterocycles. The molecule has 0 saturated carbocycles. The lowest BCUT2D eigenvalue weighted by Crippen LogP contribution is -2.17. The highest BCUT2D eigenvalue weighted by Gasteiger charge is 2.08. The highest BCUT2D eigenvalue weighted by Crippen LogP contribution is 2.20. The average Bonchev–Trinajstić information content (AvgIpc) is 2.24. The second-order valence-electron chi connectivity index (χ2n) is 4.12. The first-order valence-electron chi connectivity index (χ1n) is 5.63. The standard InChI is InChI=1S/C13H22N2/c1-10-6-7-12(9-11(10)2)13(15-3)5-4-8-14/h6-7,9,13,15H,4-5,8,14H2,1-3H3. The smallest absolute Gasteiger partial charge is 0.0318 e. The van der Waals surface area contributed by atoms with Gasteiger partial charge in [-0.2, -0.15) is 0 Å². The number of aryl methyl sites for hydroxylation is 2. The molecule has 0 spiro atoms. The third kappa shape index (κ3) is 3.33. The minimum atomic E-state index is 0.438. The van der Waals surface area contributed by atoms with Crippen LogP contribution in [0.15, 0.2) is 18.2 Å². The molecule has 0 radical (unpaired) electrons. The van der Waals surface area contributed by atoms with Crippen LogP contribution in [-0.2, 0) is 0 Å². The van der Waals surface area contributed by atoms with E-state index in [9.17, 15) is 0 Å². The Labute approximate surface area is 92.9 Å². The van der Waals surface area contributed by atoms with Gasteiger partial charge in [-0.3, -0.25) is 0 Å². The minimum Gasteiger partial charge on any atom is -0.330 e. The van der Waals surface area contributed by atoms with Crippen LogP contribution in [0.25, 0.3) is 0 Å². The van der Waals surface area contributed by atoms with Crippen molar-refractivity contribution >= 4 is 0 Å². The third-order valence-electron chi connectivity index (χ3n) is 2.98. The zero-order chi connectivity index (χ0) is 11.3. The van der Waals surface area contributed by atoms with Gasteiger partial charge in [-0.05, 0) is 57.0 Å². The summed E-state index contributed by atoms with van der Waals surface area (Å²) < 4.78 is 0. The fraction of sp³-hybridized carbons (Fsp3) is 0.538. The summed E-state index contributed by atoms with van der Waals surface area (Å²) in [5.74, 6) is 0. The fourth-order valence-electron chi connectivity index (χ4n) is 1.78. The second kappa shape index (κ2) is 5.89. The van der Waals surface area contributed by atoms with E-state index in [1.165, 1.54) is 16.7 Å². The lowest BCUT2D eigenvalue weighted by Gasteiger charge is -2.17. The average molecular weight is 206 g/mol. The van der Waals surface area contributed by atoms with Gasteiger partial charge in [0.2, 0.25) is 0 Å². The van der Waals surface area contributed by atoms with E-state index in [4.69, 9.17) is 5.73 Å². The van der Waals surface area contributed by atoms with Crippen LogP contribution in [0.1, 0.15) is 35.6 Å². The fourth-order valence-corrected chi connectivity index (χ4v) is 1.78. The molecule has 84 valence electrons.